The molecule has 27 heavy (non-hydrogen) atoms. The van der Waals surface area contributed by atoms with Gasteiger partial charge in [0.25, 0.3) is 5.91 Å². The predicted octanol–water partition coefficient (Wildman–Crippen LogP) is 2.31. The van der Waals surface area contributed by atoms with Gasteiger partial charge in [-0.2, -0.15) is 5.10 Å². The third-order valence-electron chi connectivity index (χ3n) is 3.72. The molecular formula is C19H17ClN4O3. The van der Waals surface area contributed by atoms with E-state index in [0.717, 1.165) is 16.5 Å². The third kappa shape index (κ3) is 4.86. The lowest BCUT2D eigenvalue weighted by atomic mass is 10.2. The minimum atomic E-state index is -0.438. The van der Waals surface area contributed by atoms with E-state index in [1.54, 1.807) is 35.0 Å². The van der Waals surface area contributed by atoms with E-state index in [4.69, 9.17) is 22.1 Å². The first kappa shape index (κ1) is 18.5. The minimum absolute atomic E-state index is 0.0651. The summed E-state index contributed by atoms with van der Waals surface area (Å²) in [6.45, 7) is -0.113. The van der Waals surface area contributed by atoms with Crippen molar-refractivity contribution in [1.82, 2.24) is 9.99 Å². The van der Waals surface area contributed by atoms with Crippen LogP contribution in [0.4, 0.5) is 0 Å². The van der Waals surface area contributed by atoms with E-state index in [0.29, 0.717) is 10.8 Å². The Morgan fingerprint density at radius 2 is 1.93 bits per heavy atom. The van der Waals surface area contributed by atoms with E-state index >= 15 is 0 Å². The van der Waals surface area contributed by atoms with Crippen LogP contribution in [0.25, 0.3) is 10.9 Å². The molecule has 8 heteroatoms. The molecule has 0 aliphatic heterocycles. The molecule has 3 aromatic rings. The van der Waals surface area contributed by atoms with Crippen LogP contribution in [0.15, 0.2) is 59.8 Å². The van der Waals surface area contributed by atoms with Crippen molar-refractivity contribution in [2.24, 2.45) is 10.8 Å². The molecule has 2 amide bonds. The van der Waals surface area contributed by atoms with Crippen molar-refractivity contribution in [3.8, 4) is 5.75 Å². The maximum absolute atomic E-state index is 11.8. The number of nitrogens with zero attached hydrogens (tertiary/aromatic N) is 2. The number of amides is 2. The van der Waals surface area contributed by atoms with Crippen LogP contribution in [0.5, 0.6) is 5.75 Å². The molecule has 0 fully saturated rings. The molecule has 0 aliphatic rings. The van der Waals surface area contributed by atoms with Crippen LogP contribution in [0, 0.1) is 0 Å². The normalized spacial score (nSPS) is 11.0. The number of primary amides is 1. The molecule has 0 unspecified atom stereocenters. The van der Waals surface area contributed by atoms with E-state index in [-0.39, 0.29) is 13.2 Å². The predicted molar refractivity (Wildman–Crippen MR) is 104 cm³/mol. The highest BCUT2D eigenvalue weighted by molar-refractivity contribution is 6.30. The van der Waals surface area contributed by atoms with Gasteiger partial charge in [-0.3, -0.25) is 9.59 Å². The van der Waals surface area contributed by atoms with E-state index in [2.05, 4.69) is 10.5 Å². The number of fused-ring (bicyclic) bond motifs is 1. The van der Waals surface area contributed by atoms with Crippen LogP contribution in [0.2, 0.25) is 5.02 Å². The van der Waals surface area contributed by atoms with Gasteiger partial charge in [0.1, 0.15) is 12.3 Å². The molecule has 0 spiro atoms. The van der Waals surface area contributed by atoms with Crippen molar-refractivity contribution in [2.45, 2.75) is 6.54 Å². The number of nitrogens with two attached hydrogens (primary N) is 1. The summed E-state index contributed by atoms with van der Waals surface area (Å²) < 4.78 is 7.08. The number of aromatic nitrogens is 1. The molecule has 7 nitrogen and oxygen atoms in total. The van der Waals surface area contributed by atoms with Crippen LogP contribution in [0.3, 0.4) is 0 Å². The number of halogens is 1. The second-order valence-electron chi connectivity index (χ2n) is 5.73. The molecule has 0 saturated carbocycles. The minimum Gasteiger partial charge on any atom is -0.484 e. The van der Waals surface area contributed by atoms with Crippen LogP contribution in [-0.4, -0.2) is 29.2 Å². The van der Waals surface area contributed by atoms with Crippen molar-refractivity contribution in [3.63, 3.8) is 0 Å². The topological polar surface area (TPSA) is 98.7 Å². The Bertz CT molecular complexity index is 996. The largest absolute Gasteiger partial charge is 0.484 e. The second kappa shape index (κ2) is 8.37. The zero-order chi connectivity index (χ0) is 19.2. The molecule has 0 bridgehead atoms. The van der Waals surface area contributed by atoms with Gasteiger partial charge in [-0.05, 0) is 30.3 Å². The number of nitrogens with one attached hydrogen (secondary N) is 1. The highest BCUT2D eigenvalue weighted by atomic mass is 35.5. The Morgan fingerprint density at radius 1 is 1.19 bits per heavy atom. The molecule has 0 saturated heterocycles. The van der Waals surface area contributed by atoms with Gasteiger partial charge in [0, 0.05) is 27.7 Å². The monoisotopic (exact) mass is 384 g/mol. The number of carbonyl (C=O) groups excluding carboxylic acids is 2. The van der Waals surface area contributed by atoms with Gasteiger partial charge in [-0.15, -0.1) is 0 Å². The summed E-state index contributed by atoms with van der Waals surface area (Å²) in [5, 5.41) is 5.44. The van der Waals surface area contributed by atoms with Gasteiger partial charge in [-0.1, -0.05) is 29.8 Å². The number of para-hydroxylation sites is 1. The summed E-state index contributed by atoms with van der Waals surface area (Å²) in [4.78, 5) is 23.1. The van der Waals surface area contributed by atoms with Gasteiger partial charge >= 0.3 is 0 Å². The van der Waals surface area contributed by atoms with Gasteiger partial charge in [-0.25, -0.2) is 5.43 Å². The Morgan fingerprint density at radius 3 is 2.67 bits per heavy atom. The Hall–Kier alpha value is -3.32. The van der Waals surface area contributed by atoms with Gasteiger partial charge in [0.05, 0.1) is 6.21 Å². The lowest BCUT2D eigenvalue weighted by Crippen LogP contribution is -2.24. The number of ether oxygens (including phenoxy) is 1. The number of hydrazone groups is 1. The number of benzene rings is 2. The summed E-state index contributed by atoms with van der Waals surface area (Å²) in [6, 6.07) is 14.2. The summed E-state index contributed by atoms with van der Waals surface area (Å²) in [5.41, 5.74) is 9.30. The molecule has 3 rings (SSSR count). The highest BCUT2D eigenvalue weighted by Crippen LogP contribution is 2.20. The maximum atomic E-state index is 11.8. The Balaban J connectivity index is 1.63. The Kier molecular flexibility index (Phi) is 5.73. The average molecular weight is 385 g/mol. The van der Waals surface area contributed by atoms with Crippen molar-refractivity contribution < 1.29 is 14.3 Å². The first-order valence-corrected chi connectivity index (χ1v) is 8.47. The number of rotatable bonds is 7. The SMILES string of the molecule is NC(=O)Cn1cc(/C=N/NC(=O)COc2ccc(Cl)cc2)c2ccccc21. The standard InChI is InChI=1S/C19H17ClN4O3/c20-14-5-7-15(8-6-14)27-12-19(26)23-22-9-13-10-24(11-18(21)25)17-4-2-1-3-16(13)17/h1-10H,11-12H2,(H2,21,25)(H,23,26)/b22-9+. The van der Waals surface area contributed by atoms with Gasteiger partial charge < -0.3 is 15.0 Å². The zero-order valence-corrected chi connectivity index (χ0v) is 15.0. The zero-order valence-electron chi connectivity index (χ0n) is 14.3. The van der Waals surface area contributed by atoms with E-state index in [1.165, 1.54) is 6.21 Å². The molecule has 2 aromatic carbocycles. The summed E-state index contributed by atoms with van der Waals surface area (Å²) in [6.07, 6.45) is 3.27. The molecular weight excluding hydrogens is 368 g/mol. The first-order chi connectivity index (χ1) is 13.0. The number of hydrogen-bond acceptors (Lipinski definition) is 4. The Labute approximate surface area is 160 Å². The second-order valence-corrected chi connectivity index (χ2v) is 6.17. The fourth-order valence-corrected chi connectivity index (χ4v) is 2.69. The lowest BCUT2D eigenvalue weighted by molar-refractivity contribution is -0.123. The highest BCUT2D eigenvalue weighted by Gasteiger charge is 2.08. The van der Waals surface area contributed by atoms with Crippen LogP contribution < -0.4 is 15.9 Å². The van der Waals surface area contributed by atoms with E-state index in [1.807, 2.05) is 24.3 Å². The molecule has 0 aliphatic carbocycles. The fourth-order valence-electron chi connectivity index (χ4n) is 2.56. The van der Waals surface area contributed by atoms with Crippen molar-refractivity contribution in [3.05, 3.63) is 65.3 Å². The molecule has 0 radical (unpaired) electrons. The van der Waals surface area contributed by atoms with Crippen molar-refractivity contribution >= 4 is 40.5 Å². The average Bonchev–Trinajstić information content (AvgIpc) is 2.98. The first-order valence-electron chi connectivity index (χ1n) is 8.09. The van der Waals surface area contributed by atoms with Gasteiger partial charge in [0.2, 0.25) is 5.91 Å². The molecule has 1 heterocycles. The van der Waals surface area contributed by atoms with Crippen molar-refractivity contribution in [1.29, 1.82) is 0 Å². The summed E-state index contributed by atoms with van der Waals surface area (Å²) in [5.74, 6) is -0.304. The van der Waals surface area contributed by atoms with E-state index in [9.17, 15) is 9.59 Å². The van der Waals surface area contributed by atoms with Crippen LogP contribution in [0.1, 0.15) is 5.56 Å². The smallest absolute Gasteiger partial charge is 0.277 e. The maximum Gasteiger partial charge on any atom is 0.277 e. The fraction of sp³-hybridized carbons (Fsp3) is 0.105. The quantitative estimate of drug-likeness (QED) is 0.483. The molecule has 1 aromatic heterocycles. The summed E-state index contributed by atoms with van der Waals surface area (Å²) in [7, 11) is 0. The van der Waals surface area contributed by atoms with Crippen molar-refractivity contribution in [2.75, 3.05) is 6.61 Å². The summed E-state index contributed by atoms with van der Waals surface area (Å²) >= 11 is 5.79. The van der Waals surface area contributed by atoms with E-state index < -0.39 is 11.8 Å². The molecule has 0 atom stereocenters. The van der Waals surface area contributed by atoms with Crippen LogP contribution >= 0.6 is 11.6 Å². The molecule has 3 N–H and O–H groups in total. The lowest BCUT2D eigenvalue weighted by Gasteiger charge is -2.04. The number of carbonyl (C=O) groups is 2. The molecule has 138 valence electrons. The number of hydrogen-bond donors (Lipinski definition) is 2. The van der Waals surface area contributed by atoms with Crippen LogP contribution in [-0.2, 0) is 16.1 Å². The third-order valence-corrected chi connectivity index (χ3v) is 3.97. The van der Waals surface area contributed by atoms with Gasteiger partial charge in [0.15, 0.2) is 6.61 Å².